The summed E-state index contributed by atoms with van der Waals surface area (Å²) in [5.41, 5.74) is 0. The zero-order valence-electron chi connectivity index (χ0n) is 6.20. The fourth-order valence-electron chi connectivity index (χ4n) is 0.904. The van der Waals surface area contributed by atoms with Crippen LogP contribution >= 0.6 is 12.2 Å². The first-order chi connectivity index (χ1) is 5.11. The summed E-state index contributed by atoms with van der Waals surface area (Å²) < 4.78 is 0. The van der Waals surface area contributed by atoms with Crippen molar-refractivity contribution in [2.45, 2.75) is 13.0 Å². The predicted molar refractivity (Wildman–Crippen MR) is 44.0 cm³/mol. The highest BCUT2D eigenvalue weighted by atomic mass is 32.1. The number of hydrogen-bond acceptors (Lipinski definition) is 3. The molecule has 0 saturated carbocycles. The largest absolute Gasteiger partial charge is 0.392 e. The molecule has 1 amide bonds. The second-order valence-electron chi connectivity index (χ2n) is 2.51. The van der Waals surface area contributed by atoms with Crippen LogP contribution in [0.3, 0.4) is 0 Å². The first kappa shape index (κ1) is 8.42. The Morgan fingerprint density at radius 2 is 2.55 bits per heavy atom. The van der Waals surface area contributed by atoms with E-state index < -0.39 is 6.10 Å². The minimum Gasteiger partial charge on any atom is -0.392 e. The van der Waals surface area contributed by atoms with Gasteiger partial charge in [-0.05, 0) is 19.1 Å². The lowest BCUT2D eigenvalue weighted by Gasteiger charge is -2.15. The Hall–Kier alpha value is -0.680. The molecule has 11 heavy (non-hydrogen) atoms. The summed E-state index contributed by atoms with van der Waals surface area (Å²) in [7, 11) is 0. The smallest absolute Gasteiger partial charge is 0.248 e. The molecule has 1 aliphatic heterocycles. The van der Waals surface area contributed by atoms with Crippen LogP contribution < -0.4 is 5.32 Å². The minimum atomic E-state index is -0.531. The molecule has 5 heteroatoms. The van der Waals surface area contributed by atoms with Gasteiger partial charge in [0.05, 0.1) is 19.2 Å². The fraction of sp³-hybridized carbons (Fsp3) is 0.667. The summed E-state index contributed by atoms with van der Waals surface area (Å²) in [6.45, 7) is 2.16. The van der Waals surface area contributed by atoms with Crippen LogP contribution in [0.25, 0.3) is 0 Å². The SMILES string of the molecule is CC(O)CN1C(=O)CNC1=S. The standard InChI is InChI=1S/C6H10N2O2S/c1-4(9)3-8-5(10)2-7-6(8)11/h4,9H,2-3H2,1H3,(H,7,11). The topological polar surface area (TPSA) is 52.6 Å². The summed E-state index contributed by atoms with van der Waals surface area (Å²) in [5, 5.41) is 12.1. The average Bonchev–Trinajstić information content (AvgIpc) is 2.18. The molecule has 1 atom stereocenters. The van der Waals surface area contributed by atoms with Gasteiger partial charge in [0.15, 0.2) is 5.11 Å². The van der Waals surface area contributed by atoms with Crippen LogP contribution in [0.5, 0.6) is 0 Å². The van der Waals surface area contributed by atoms with E-state index in [-0.39, 0.29) is 19.0 Å². The number of thiocarbonyl (C=S) groups is 1. The molecular weight excluding hydrogens is 164 g/mol. The summed E-state index contributed by atoms with van der Waals surface area (Å²) >= 11 is 4.82. The van der Waals surface area contributed by atoms with E-state index in [1.54, 1.807) is 6.92 Å². The Kier molecular flexibility index (Phi) is 2.41. The summed E-state index contributed by atoms with van der Waals surface area (Å²) in [6, 6.07) is 0. The molecule has 0 radical (unpaired) electrons. The van der Waals surface area contributed by atoms with E-state index in [9.17, 15) is 4.79 Å². The van der Waals surface area contributed by atoms with Crippen molar-refractivity contribution in [1.82, 2.24) is 10.2 Å². The van der Waals surface area contributed by atoms with Crippen LogP contribution in [0.1, 0.15) is 6.92 Å². The number of nitrogens with zero attached hydrogens (tertiary/aromatic N) is 1. The second-order valence-corrected chi connectivity index (χ2v) is 2.90. The van der Waals surface area contributed by atoms with E-state index in [2.05, 4.69) is 5.32 Å². The molecule has 1 aliphatic rings. The van der Waals surface area contributed by atoms with Crippen molar-refractivity contribution in [2.75, 3.05) is 13.1 Å². The zero-order chi connectivity index (χ0) is 8.43. The third kappa shape index (κ3) is 1.87. The number of amides is 1. The van der Waals surface area contributed by atoms with E-state index in [4.69, 9.17) is 17.3 Å². The number of carbonyl (C=O) groups excluding carboxylic acids is 1. The first-order valence-electron chi connectivity index (χ1n) is 3.37. The highest BCUT2D eigenvalue weighted by Crippen LogP contribution is 2.00. The summed E-state index contributed by atoms with van der Waals surface area (Å²) in [5.74, 6) is -0.0732. The number of β-amino-alcohol motifs (C(OH)–C–C–N with tert-alkyl or cyclic N) is 1. The highest BCUT2D eigenvalue weighted by Gasteiger charge is 2.25. The number of hydrogen-bond donors (Lipinski definition) is 2. The van der Waals surface area contributed by atoms with Gasteiger partial charge in [0.25, 0.3) is 0 Å². The molecule has 1 unspecified atom stereocenters. The van der Waals surface area contributed by atoms with Crippen molar-refractivity contribution in [2.24, 2.45) is 0 Å². The maximum Gasteiger partial charge on any atom is 0.248 e. The molecule has 1 saturated heterocycles. The monoisotopic (exact) mass is 174 g/mol. The molecule has 0 bridgehead atoms. The minimum absolute atomic E-state index is 0.0732. The van der Waals surface area contributed by atoms with Gasteiger partial charge in [-0.25, -0.2) is 0 Å². The molecule has 0 aromatic carbocycles. The molecule has 62 valence electrons. The lowest BCUT2D eigenvalue weighted by molar-refractivity contribution is -0.125. The summed E-state index contributed by atoms with van der Waals surface area (Å²) in [6.07, 6.45) is -0.531. The van der Waals surface area contributed by atoms with Crippen molar-refractivity contribution < 1.29 is 9.90 Å². The van der Waals surface area contributed by atoms with Crippen LogP contribution in [-0.4, -0.2) is 40.2 Å². The van der Waals surface area contributed by atoms with E-state index in [0.717, 1.165) is 0 Å². The van der Waals surface area contributed by atoms with E-state index >= 15 is 0 Å². The lowest BCUT2D eigenvalue weighted by Crippen LogP contribution is -2.36. The molecule has 4 nitrogen and oxygen atoms in total. The molecule has 0 spiro atoms. The second kappa shape index (κ2) is 3.15. The Morgan fingerprint density at radius 1 is 1.91 bits per heavy atom. The molecular formula is C6H10N2O2S. The summed E-state index contributed by atoms with van der Waals surface area (Å²) in [4.78, 5) is 12.4. The molecule has 0 aromatic heterocycles. The van der Waals surface area contributed by atoms with Gasteiger partial charge in [0, 0.05) is 0 Å². The van der Waals surface area contributed by atoms with Gasteiger partial charge in [0.2, 0.25) is 5.91 Å². The fourth-order valence-corrected chi connectivity index (χ4v) is 1.15. The quantitative estimate of drug-likeness (QED) is 0.532. The van der Waals surface area contributed by atoms with Gasteiger partial charge in [0.1, 0.15) is 0 Å². The third-order valence-corrected chi connectivity index (χ3v) is 1.75. The van der Waals surface area contributed by atoms with Crippen LogP contribution in [0.4, 0.5) is 0 Å². The van der Waals surface area contributed by atoms with Gasteiger partial charge in [-0.15, -0.1) is 0 Å². The predicted octanol–water partition coefficient (Wildman–Crippen LogP) is -0.916. The molecule has 0 aliphatic carbocycles. The van der Waals surface area contributed by atoms with Crippen molar-refractivity contribution in [3.05, 3.63) is 0 Å². The number of carbonyl (C=O) groups is 1. The van der Waals surface area contributed by atoms with Crippen molar-refractivity contribution in [3.8, 4) is 0 Å². The molecule has 2 N–H and O–H groups in total. The van der Waals surface area contributed by atoms with Crippen LogP contribution in [0, 0.1) is 0 Å². The zero-order valence-corrected chi connectivity index (χ0v) is 7.02. The Labute approximate surface area is 70.2 Å². The van der Waals surface area contributed by atoms with Crippen LogP contribution in [0.2, 0.25) is 0 Å². The van der Waals surface area contributed by atoms with Gasteiger partial charge < -0.3 is 10.4 Å². The van der Waals surface area contributed by atoms with Crippen molar-refractivity contribution in [3.63, 3.8) is 0 Å². The highest BCUT2D eigenvalue weighted by molar-refractivity contribution is 7.80. The van der Waals surface area contributed by atoms with Crippen LogP contribution in [-0.2, 0) is 4.79 Å². The van der Waals surface area contributed by atoms with Gasteiger partial charge in [-0.3, -0.25) is 9.69 Å². The average molecular weight is 174 g/mol. The van der Waals surface area contributed by atoms with Crippen molar-refractivity contribution in [1.29, 1.82) is 0 Å². The maximum atomic E-state index is 11.0. The molecule has 0 aromatic rings. The van der Waals surface area contributed by atoms with E-state index in [0.29, 0.717) is 5.11 Å². The maximum absolute atomic E-state index is 11.0. The third-order valence-electron chi connectivity index (χ3n) is 1.38. The van der Waals surface area contributed by atoms with E-state index in [1.165, 1.54) is 4.90 Å². The Morgan fingerprint density at radius 3 is 2.91 bits per heavy atom. The number of aliphatic hydroxyl groups is 1. The Balaban J connectivity index is 2.55. The number of nitrogens with one attached hydrogen (secondary N) is 1. The molecule has 1 heterocycles. The first-order valence-corrected chi connectivity index (χ1v) is 3.78. The normalized spacial score (nSPS) is 20.4. The van der Waals surface area contributed by atoms with Gasteiger partial charge >= 0.3 is 0 Å². The Bertz CT molecular complexity index is 177. The van der Waals surface area contributed by atoms with Gasteiger partial charge in [-0.1, -0.05) is 0 Å². The lowest BCUT2D eigenvalue weighted by atomic mass is 10.4. The van der Waals surface area contributed by atoms with E-state index in [1.807, 2.05) is 0 Å². The molecule has 1 fully saturated rings. The molecule has 1 rings (SSSR count). The number of aliphatic hydroxyl groups excluding tert-OH is 1. The number of rotatable bonds is 2. The van der Waals surface area contributed by atoms with Crippen molar-refractivity contribution >= 4 is 23.2 Å². The van der Waals surface area contributed by atoms with Gasteiger partial charge in [-0.2, -0.15) is 0 Å². The van der Waals surface area contributed by atoms with Crippen LogP contribution in [0.15, 0.2) is 0 Å².